The van der Waals surface area contributed by atoms with Crippen molar-refractivity contribution in [3.05, 3.63) is 59.4 Å². The molecule has 0 heterocycles. The van der Waals surface area contributed by atoms with Gasteiger partial charge in [0.15, 0.2) is 0 Å². The maximum Gasteiger partial charge on any atom is 0.337 e. The number of benzene rings is 2. The summed E-state index contributed by atoms with van der Waals surface area (Å²) in [5.41, 5.74) is 1.18. The fraction of sp³-hybridized carbons (Fsp3) is 0.0667. The Hall–Kier alpha value is -2.89. The highest BCUT2D eigenvalue weighted by Gasteiger charge is 2.12. The smallest absolute Gasteiger partial charge is 0.337 e. The molecule has 2 amide bonds. The standard InChI is InChI=1S/C15H13FN2O3/c1-9-8-10(16)6-7-12(9)17-15(21)18-13-5-3-2-4-11(13)14(19)20/h2-8H,1H3,(H,19,20)(H2,17,18,21). The van der Waals surface area contributed by atoms with E-state index in [1.54, 1.807) is 19.1 Å². The van der Waals surface area contributed by atoms with E-state index >= 15 is 0 Å². The molecular formula is C15H13FN2O3. The van der Waals surface area contributed by atoms with Gasteiger partial charge in [0.05, 0.1) is 11.3 Å². The van der Waals surface area contributed by atoms with Gasteiger partial charge >= 0.3 is 12.0 Å². The van der Waals surface area contributed by atoms with Crippen molar-refractivity contribution in [2.75, 3.05) is 10.6 Å². The summed E-state index contributed by atoms with van der Waals surface area (Å²) in [5.74, 6) is -1.53. The summed E-state index contributed by atoms with van der Waals surface area (Å²) >= 11 is 0. The molecule has 0 bridgehead atoms. The first kappa shape index (κ1) is 14.5. The van der Waals surface area contributed by atoms with Crippen molar-refractivity contribution in [2.24, 2.45) is 0 Å². The van der Waals surface area contributed by atoms with Crippen LogP contribution in [0, 0.1) is 12.7 Å². The number of carboxylic acid groups (broad SMARTS) is 1. The predicted octanol–water partition coefficient (Wildman–Crippen LogP) is 3.48. The van der Waals surface area contributed by atoms with E-state index in [2.05, 4.69) is 10.6 Å². The molecule has 0 aromatic heterocycles. The van der Waals surface area contributed by atoms with E-state index in [1.165, 1.54) is 30.3 Å². The van der Waals surface area contributed by atoms with E-state index in [4.69, 9.17) is 5.11 Å². The molecule has 0 aliphatic carbocycles. The summed E-state index contributed by atoms with van der Waals surface area (Å²) in [6, 6.07) is 9.42. The summed E-state index contributed by atoms with van der Waals surface area (Å²) in [4.78, 5) is 22.9. The molecule has 0 fully saturated rings. The maximum atomic E-state index is 13.0. The van der Waals surface area contributed by atoms with Crippen LogP contribution in [0.1, 0.15) is 15.9 Å². The number of aryl methyl sites for hydroxylation is 1. The van der Waals surface area contributed by atoms with Gasteiger partial charge in [-0.05, 0) is 42.8 Å². The molecule has 21 heavy (non-hydrogen) atoms. The molecule has 5 nitrogen and oxygen atoms in total. The minimum Gasteiger partial charge on any atom is -0.478 e. The molecule has 0 unspecified atom stereocenters. The number of anilines is 2. The number of rotatable bonds is 3. The lowest BCUT2D eigenvalue weighted by Crippen LogP contribution is -2.21. The lowest BCUT2D eigenvalue weighted by Gasteiger charge is -2.11. The Labute approximate surface area is 120 Å². The van der Waals surface area contributed by atoms with Crippen molar-refractivity contribution in [3.63, 3.8) is 0 Å². The molecule has 0 atom stereocenters. The van der Waals surface area contributed by atoms with Gasteiger partial charge in [-0.15, -0.1) is 0 Å². The molecule has 0 spiro atoms. The molecule has 0 saturated carbocycles. The number of carbonyl (C=O) groups is 2. The number of urea groups is 1. The Morgan fingerprint density at radius 1 is 1.05 bits per heavy atom. The number of para-hydroxylation sites is 1. The summed E-state index contributed by atoms with van der Waals surface area (Å²) < 4.78 is 13.0. The molecule has 0 aliphatic rings. The molecular weight excluding hydrogens is 275 g/mol. The molecule has 6 heteroatoms. The van der Waals surface area contributed by atoms with Crippen LogP contribution < -0.4 is 10.6 Å². The summed E-state index contributed by atoms with van der Waals surface area (Å²) in [6.07, 6.45) is 0. The van der Waals surface area contributed by atoms with Crippen LogP contribution in [-0.4, -0.2) is 17.1 Å². The van der Waals surface area contributed by atoms with Crippen LogP contribution in [0.5, 0.6) is 0 Å². The zero-order valence-electron chi connectivity index (χ0n) is 11.2. The fourth-order valence-corrected chi connectivity index (χ4v) is 1.82. The number of amides is 2. The summed E-state index contributed by atoms with van der Waals surface area (Å²) in [6.45, 7) is 1.66. The van der Waals surface area contributed by atoms with Crippen LogP contribution in [0.15, 0.2) is 42.5 Å². The van der Waals surface area contributed by atoms with Crippen molar-refractivity contribution in [1.29, 1.82) is 0 Å². The normalized spacial score (nSPS) is 10.0. The van der Waals surface area contributed by atoms with E-state index in [9.17, 15) is 14.0 Å². The molecule has 0 radical (unpaired) electrons. The highest BCUT2D eigenvalue weighted by Crippen LogP contribution is 2.18. The second-order valence-electron chi connectivity index (χ2n) is 4.39. The largest absolute Gasteiger partial charge is 0.478 e. The maximum absolute atomic E-state index is 13.0. The number of hydrogen-bond acceptors (Lipinski definition) is 2. The van der Waals surface area contributed by atoms with E-state index < -0.39 is 17.8 Å². The Morgan fingerprint density at radius 3 is 2.38 bits per heavy atom. The first-order valence-corrected chi connectivity index (χ1v) is 6.14. The SMILES string of the molecule is Cc1cc(F)ccc1NC(=O)Nc1ccccc1C(=O)O. The fourth-order valence-electron chi connectivity index (χ4n) is 1.82. The third-order valence-electron chi connectivity index (χ3n) is 2.84. The number of carboxylic acids is 1. The van der Waals surface area contributed by atoms with Gasteiger partial charge in [-0.1, -0.05) is 12.1 Å². The number of carbonyl (C=O) groups excluding carboxylic acids is 1. The topological polar surface area (TPSA) is 78.4 Å². The van der Waals surface area contributed by atoms with Gasteiger partial charge in [0.2, 0.25) is 0 Å². The van der Waals surface area contributed by atoms with Crippen molar-refractivity contribution in [1.82, 2.24) is 0 Å². The molecule has 108 valence electrons. The summed E-state index contributed by atoms with van der Waals surface area (Å²) in [7, 11) is 0. The van der Waals surface area contributed by atoms with Gasteiger partial charge in [-0.25, -0.2) is 14.0 Å². The molecule has 0 aliphatic heterocycles. The van der Waals surface area contributed by atoms with E-state index in [-0.39, 0.29) is 11.3 Å². The third kappa shape index (κ3) is 3.56. The molecule has 2 aromatic carbocycles. The number of nitrogens with one attached hydrogen (secondary N) is 2. The molecule has 0 saturated heterocycles. The highest BCUT2D eigenvalue weighted by molar-refractivity contribution is 6.04. The Morgan fingerprint density at radius 2 is 1.71 bits per heavy atom. The highest BCUT2D eigenvalue weighted by atomic mass is 19.1. The predicted molar refractivity (Wildman–Crippen MR) is 77.2 cm³/mol. The van der Waals surface area contributed by atoms with Gasteiger partial charge in [-0.3, -0.25) is 0 Å². The second-order valence-corrected chi connectivity index (χ2v) is 4.39. The van der Waals surface area contributed by atoms with Gasteiger partial charge < -0.3 is 15.7 Å². The number of aromatic carboxylic acids is 1. The van der Waals surface area contributed by atoms with E-state index in [0.29, 0.717) is 11.3 Å². The van der Waals surface area contributed by atoms with Crippen LogP contribution in [-0.2, 0) is 0 Å². The third-order valence-corrected chi connectivity index (χ3v) is 2.84. The Bertz CT molecular complexity index is 701. The lowest BCUT2D eigenvalue weighted by molar-refractivity contribution is 0.0698. The van der Waals surface area contributed by atoms with Gasteiger partial charge in [0.25, 0.3) is 0 Å². The van der Waals surface area contributed by atoms with Crippen LogP contribution in [0.3, 0.4) is 0 Å². The first-order chi connectivity index (χ1) is 9.97. The van der Waals surface area contributed by atoms with Crippen molar-refractivity contribution in [2.45, 2.75) is 6.92 Å². The van der Waals surface area contributed by atoms with Crippen LogP contribution in [0.2, 0.25) is 0 Å². The first-order valence-electron chi connectivity index (χ1n) is 6.14. The van der Waals surface area contributed by atoms with E-state index in [0.717, 1.165) is 0 Å². The number of hydrogen-bond donors (Lipinski definition) is 3. The average Bonchev–Trinajstić information content (AvgIpc) is 2.42. The van der Waals surface area contributed by atoms with Crippen LogP contribution >= 0.6 is 0 Å². The van der Waals surface area contributed by atoms with E-state index in [1.807, 2.05) is 0 Å². The monoisotopic (exact) mass is 288 g/mol. The zero-order chi connectivity index (χ0) is 15.4. The number of halogens is 1. The van der Waals surface area contributed by atoms with Crippen molar-refractivity contribution < 1.29 is 19.1 Å². The Balaban J connectivity index is 2.14. The van der Waals surface area contributed by atoms with Crippen molar-refractivity contribution in [3.8, 4) is 0 Å². The zero-order valence-corrected chi connectivity index (χ0v) is 11.2. The van der Waals surface area contributed by atoms with Gasteiger partial charge in [-0.2, -0.15) is 0 Å². The van der Waals surface area contributed by atoms with Gasteiger partial charge in [0, 0.05) is 5.69 Å². The Kier molecular flexibility index (Phi) is 4.18. The van der Waals surface area contributed by atoms with Gasteiger partial charge in [0.1, 0.15) is 5.82 Å². The molecule has 3 N–H and O–H groups in total. The quantitative estimate of drug-likeness (QED) is 0.809. The average molecular weight is 288 g/mol. The molecule has 2 aromatic rings. The molecule has 2 rings (SSSR count). The second kappa shape index (κ2) is 6.04. The minimum absolute atomic E-state index is 0.0107. The van der Waals surface area contributed by atoms with Crippen LogP contribution in [0.25, 0.3) is 0 Å². The van der Waals surface area contributed by atoms with Crippen LogP contribution in [0.4, 0.5) is 20.6 Å². The summed E-state index contributed by atoms with van der Waals surface area (Å²) in [5, 5.41) is 14.0. The minimum atomic E-state index is -1.14. The van der Waals surface area contributed by atoms with Crippen molar-refractivity contribution >= 4 is 23.4 Å². The lowest BCUT2D eigenvalue weighted by atomic mass is 10.2.